The third kappa shape index (κ3) is 3.45. The minimum Gasteiger partial charge on any atom is -0.377 e. The Bertz CT molecular complexity index is 967. The van der Waals surface area contributed by atoms with Gasteiger partial charge in [0.05, 0.1) is 22.7 Å². The van der Waals surface area contributed by atoms with Crippen molar-refractivity contribution in [2.45, 2.75) is 24.1 Å². The van der Waals surface area contributed by atoms with Gasteiger partial charge in [0.1, 0.15) is 0 Å². The van der Waals surface area contributed by atoms with Crippen LogP contribution in [0.1, 0.15) is 12.8 Å². The molecular weight excluding hydrogens is 356 g/mol. The maximum Gasteiger partial charge on any atom is 0.266 e. The Kier molecular flexibility index (Phi) is 4.79. The minimum absolute atomic E-state index is 0.0808. The van der Waals surface area contributed by atoms with Crippen molar-refractivity contribution in [3.63, 3.8) is 0 Å². The molecule has 1 saturated heterocycles. The maximum absolute atomic E-state index is 13.1. The van der Waals surface area contributed by atoms with Gasteiger partial charge in [0.25, 0.3) is 5.56 Å². The lowest BCUT2D eigenvalue weighted by molar-refractivity contribution is 0.129. The molecule has 0 radical (unpaired) electrons. The molecule has 2 heterocycles. The smallest absolute Gasteiger partial charge is 0.266 e. The molecule has 4 rings (SSSR count). The van der Waals surface area contributed by atoms with Crippen molar-refractivity contribution in [1.82, 2.24) is 9.55 Å². The predicted molar refractivity (Wildman–Crippen MR) is 102 cm³/mol. The van der Waals surface area contributed by atoms with Gasteiger partial charge >= 0.3 is 0 Å². The number of nitrogens with zero attached hydrogens (tertiary/aromatic N) is 2. The Labute approximate surface area is 154 Å². The largest absolute Gasteiger partial charge is 0.377 e. The van der Waals surface area contributed by atoms with Crippen molar-refractivity contribution >= 4 is 34.3 Å². The molecule has 3 aromatic rings. The van der Waals surface area contributed by atoms with Crippen LogP contribution >= 0.6 is 23.4 Å². The molecule has 0 bridgehead atoms. The number of benzene rings is 2. The van der Waals surface area contributed by atoms with E-state index in [0.717, 1.165) is 30.9 Å². The molecule has 1 atom stereocenters. The fourth-order valence-corrected chi connectivity index (χ4v) is 4.26. The highest BCUT2D eigenvalue weighted by Gasteiger charge is 2.19. The van der Waals surface area contributed by atoms with Crippen molar-refractivity contribution in [2.75, 3.05) is 12.4 Å². The summed E-state index contributed by atoms with van der Waals surface area (Å²) in [7, 11) is 0. The summed E-state index contributed by atoms with van der Waals surface area (Å²) >= 11 is 7.69. The zero-order valence-corrected chi connectivity index (χ0v) is 15.1. The van der Waals surface area contributed by atoms with Crippen LogP contribution in [0, 0.1) is 0 Å². The molecule has 0 N–H and O–H groups in total. The molecule has 6 heteroatoms. The van der Waals surface area contributed by atoms with Gasteiger partial charge in [-0.25, -0.2) is 4.98 Å². The van der Waals surface area contributed by atoms with E-state index in [1.807, 2.05) is 30.3 Å². The molecule has 0 spiro atoms. The Hall–Kier alpha value is -1.82. The van der Waals surface area contributed by atoms with Crippen LogP contribution in [0.25, 0.3) is 16.6 Å². The van der Waals surface area contributed by atoms with Gasteiger partial charge in [0.15, 0.2) is 5.16 Å². The van der Waals surface area contributed by atoms with Gasteiger partial charge in [-0.3, -0.25) is 9.36 Å². The average Bonchev–Trinajstić information content (AvgIpc) is 3.13. The zero-order chi connectivity index (χ0) is 17.2. The fourth-order valence-electron chi connectivity index (χ4n) is 3.00. The second-order valence-electron chi connectivity index (χ2n) is 5.98. The predicted octanol–water partition coefficient (Wildman–Crippen LogP) is 4.31. The van der Waals surface area contributed by atoms with Crippen LogP contribution in [0.4, 0.5) is 0 Å². The van der Waals surface area contributed by atoms with Crippen LogP contribution in [-0.2, 0) is 4.74 Å². The van der Waals surface area contributed by atoms with E-state index in [0.29, 0.717) is 21.1 Å². The number of aromatic nitrogens is 2. The number of thioether (sulfide) groups is 1. The molecule has 1 fully saturated rings. The number of hydrogen-bond acceptors (Lipinski definition) is 4. The normalized spacial score (nSPS) is 17.2. The lowest BCUT2D eigenvalue weighted by atomic mass is 10.2. The standard InChI is InChI=1S/C19H17ClN2O2S/c20-13-5-3-6-14(11-13)22-18(23)16-8-1-2-9-17(16)21-19(22)25-12-15-7-4-10-24-15/h1-3,5-6,8-9,11,15H,4,7,10,12H2. The highest BCUT2D eigenvalue weighted by Crippen LogP contribution is 2.26. The summed E-state index contributed by atoms with van der Waals surface area (Å²) in [5, 5.41) is 1.86. The van der Waals surface area contributed by atoms with Crippen LogP contribution in [0.3, 0.4) is 0 Å². The third-order valence-electron chi connectivity index (χ3n) is 4.23. The van der Waals surface area contributed by atoms with E-state index in [1.54, 1.807) is 34.5 Å². The Morgan fingerprint density at radius 1 is 1.24 bits per heavy atom. The topological polar surface area (TPSA) is 44.1 Å². The van der Waals surface area contributed by atoms with Crippen molar-refractivity contribution < 1.29 is 4.74 Å². The van der Waals surface area contributed by atoms with E-state index < -0.39 is 0 Å². The number of para-hydroxylation sites is 1. The van der Waals surface area contributed by atoms with Gasteiger partial charge < -0.3 is 4.74 Å². The quantitative estimate of drug-likeness (QED) is 0.505. The molecule has 1 aliphatic rings. The first-order valence-electron chi connectivity index (χ1n) is 8.24. The molecule has 1 aliphatic heterocycles. The molecule has 0 amide bonds. The highest BCUT2D eigenvalue weighted by molar-refractivity contribution is 7.99. The van der Waals surface area contributed by atoms with E-state index in [-0.39, 0.29) is 11.7 Å². The summed E-state index contributed by atoms with van der Waals surface area (Å²) in [6.45, 7) is 0.817. The van der Waals surface area contributed by atoms with Crippen LogP contribution < -0.4 is 5.56 Å². The first kappa shape index (κ1) is 16.6. The SMILES string of the molecule is O=c1c2ccccc2nc(SCC2CCCO2)n1-c1cccc(Cl)c1. The van der Waals surface area contributed by atoms with Gasteiger partial charge in [-0.05, 0) is 43.2 Å². The molecule has 2 aromatic carbocycles. The molecule has 1 aromatic heterocycles. The molecule has 1 unspecified atom stereocenters. The lowest BCUT2D eigenvalue weighted by Gasteiger charge is -2.15. The summed E-state index contributed by atoms with van der Waals surface area (Å²) in [5.74, 6) is 0.783. The molecule has 0 aliphatic carbocycles. The molecule has 128 valence electrons. The van der Waals surface area contributed by atoms with Gasteiger partial charge in [-0.2, -0.15) is 0 Å². The summed E-state index contributed by atoms with van der Waals surface area (Å²) in [4.78, 5) is 17.8. The number of fused-ring (bicyclic) bond motifs is 1. The van der Waals surface area contributed by atoms with Crippen molar-refractivity contribution in [3.8, 4) is 5.69 Å². The van der Waals surface area contributed by atoms with Gasteiger partial charge in [0, 0.05) is 17.4 Å². The van der Waals surface area contributed by atoms with Crippen molar-refractivity contribution in [2.24, 2.45) is 0 Å². The Morgan fingerprint density at radius 3 is 2.92 bits per heavy atom. The third-order valence-corrected chi connectivity index (χ3v) is 5.54. The van der Waals surface area contributed by atoms with E-state index in [9.17, 15) is 4.79 Å². The van der Waals surface area contributed by atoms with Crippen LogP contribution in [-0.4, -0.2) is 28.0 Å². The highest BCUT2D eigenvalue weighted by atomic mass is 35.5. The monoisotopic (exact) mass is 372 g/mol. The number of rotatable bonds is 4. The second kappa shape index (κ2) is 7.20. The molecular formula is C19H17ClN2O2S. The Morgan fingerprint density at radius 2 is 2.12 bits per heavy atom. The van der Waals surface area contributed by atoms with Gasteiger partial charge in [-0.15, -0.1) is 0 Å². The first-order valence-corrected chi connectivity index (χ1v) is 9.61. The van der Waals surface area contributed by atoms with E-state index in [1.165, 1.54) is 0 Å². The summed E-state index contributed by atoms with van der Waals surface area (Å²) < 4.78 is 7.35. The lowest BCUT2D eigenvalue weighted by Crippen LogP contribution is -2.22. The number of halogens is 1. The fraction of sp³-hybridized carbons (Fsp3) is 0.263. The van der Waals surface area contributed by atoms with E-state index in [2.05, 4.69) is 0 Å². The average molecular weight is 373 g/mol. The zero-order valence-electron chi connectivity index (χ0n) is 13.5. The van der Waals surface area contributed by atoms with Crippen LogP contribution in [0.2, 0.25) is 5.02 Å². The number of ether oxygens (including phenoxy) is 1. The first-order chi connectivity index (χ1) is 12.2. The van der Waals surface area contributed by atoms with E-state index >= 15 is 0 Å². The molecule has 25 heavy (non-hydrogen) atoms. The number of hydrogen-bond donors (Lipinski definition) is 0. The second-order valence-corrected chi connectivity index (χ2v) is 7.40. The van der Waals surface area contributed by atoms with Crippen molar-refractivity contribution in [3.05, 3.63) is 63.9 Å². The maximum atomic E-state index is 13.1. The summed E-state index contributed by atoms with van der Waals surface area (Å²) in [5.41, 5.74) is 1.36. The minimum atomic E-state index is -0.0808. The van der Waals surface area contributed by atoms with Crippen LogP contribution in [0.5, 0.6) is 0 Å². The van der Waals surface area contributed by atoms with Gasteiger partial charge in [0.2, 0.25) is 0 Å². The summed E-state index contributed by atoms with van der Waals surface area (Å²) in [6, 6.07) is 14.7. The van der Waals surface area contributed by atoms with Gasteiger partial charge in [-0.1, -0.05) is 41.6 Å². The molecule has 0 saturated carbocycles. The molecule has 4 nitrogen and oxygen atoms in total. The Balaban J connectivity index is 1.83. The summed E-state index contributed by atoms with van der Waals surface area (Å²) in [6.07, 6.45) is 2.38. The van der Waals surface area contributed by atoms with Crippen molar-refractivity contribution in [1.29, 1.82) is 0 Å². The van der Waals surface area contributed by atoms with Crippen LogP contribution in [0.15, 0.2) is 58.5 Å². The van der Waals surface area contributed by atoms with E-state index in [4.69, 9.17) is 21.3 Å².